The molecule has 0 aromatic carbocycles. The lowest BCUT2D eigenvalue weighted by Crippen LogP contribution is -2.33. The summed E-state index contributed by atoms with van der Waals surface area (Å²) in [5, 5.41) is -0.473. The van der Waals surface area contributed by atoms with Gasteiger partial charge in [-0.2, -0.15) is 13.2 Å². The molecule has 0 N–H and O–H groups in total. The number of rotatable bonds is 2. The second-order valence-electron chi connectivity index (χ2n) is 6.54. The summed E-state index contributed by atoms with van der Waals surface area (Å²) in [7, 11) is -1.70. The van der Waals surface area contributed by atoms with Crippen LogP contribution in [-0.4, -0.2) is 34.3 Å². The summed E-state index contributed by atoms with van der Waals surface area (Å²) in [5.74, 6) is -0.235. The van der Waals surface area contributed by atoms with Gasteiger partial charge in [0.2, 0.25) is 0 Å². The molecule has 0 amide bonds. The highest BCUT2D eigenvalue weighted by Gasteiger charge is 2.36. The van der Waals surface area contributed by atoms with Crippen molar-refractivity contribution in [1.82, 2.24) is 14.3 Å². The summed E-state index contributed by atoms with van der Waals surface area (Å²) in [5.41, 5.74) is -1.69. The van der Waals surface area contributed by atoms with E-state index in [1.165, 1.54) is 18.7 Å². The first-order valence-corrected chi connectivity index (χ1v) is 9.66. The van der Waals surface area contributed by atoms with Crippen LogP contribution in [0.4, 0.5) is 13.2 Å². The summed E-state index contributed by atoms with van der Waals surface area (Å²) in [6.07, 6.45) is -3.55. The first-order valence-electron chi connectivity index (χ1n) is 7.84. The highest BCUT2D eigenvalue weighted by molar-refractivity contribution is 7.91. The van der Waals surface area contributed by atoms with Crippen molar-refractivity contribution in [3.05, 3.63) is 27.7 Å². The number of halogens is 3. The van der Waals surface area contributed by atoms with Gasteiger partial charge >= 0.3 is 6.18 Å². The normalized spacial score (nSPS) is 20.9. The van der Waals surface area contributed by atoms with Crippen LogP contribution in [0.5, 0.6) is 0 Å². The first-order chi connectivity index (χ1) is 11.5. The number of nitrogens with zero attached hydrogens (tertiary/aromatic N) is 3. The van der Waals surface area contributed by atoms with Crippen molar-refractivity contribution in [2.24, 2.45) is 13.0 Å². The van der Waals surface area contributed by atoms with E-state index in [0.29, 0.717) is 12.8 Å². The molecule has 0 radical (unpaired) electrons. The zero-order valence-corrected chi connectivity index (χ0v) is 14.6. The van der Waals surface area contributed by atoms with Gasteiger partial charge in [-0.05, 0) is 31.7 Å². The lowest BCUT2D eigenvalue weighted by Gasteiger charge is -2.22. The Labute approximate surface area is 142 Å². The molecular formula is C15H18F3N3O3S. The van der Waals surface area contributed by atoms with Crippen molar-refractivity contribution < 1.29 is 21.6 Å². The van der Waals surface area contributed by atoms with E-state index in [-0.39, 0.29) is 35.3 Å². The van der Waals surface area contributed by atoms with Crippen molar-refractivity contribution in [2.45, 2.75) is 32.5 Å². The van der Waals surface area contributed by atoms with Gasteiger partial charge in [-0.1, -0.05) is 0 Å². The quantitative estimate of drug-likeness (QED) is 0.801. The van der Waals surface area contributed by atoms with Gasteiger partial charge in [-0.15, -0.1) is 0 Å². The third-order valence-corrected chi connectivity index (χ3v) is 6.43. The third kappa shape index (κ3) is 3.31. The highest BCUT2D eigenvalue weighted by Crippen LogP contribution is 2.33. The second kappa shape index (κ2) is 5.86. The summed E-state index contributed by atoms with van der Waals surface area (Å²) < 4.78 is 65.9. The number of hydrogen-bond acceptors (Lipinski definition) is 4. The fraction of sp³-hybridized carbons (Fsp3) is 0.600. The van der Waals surface area contributed by atoms with Crippen molar-refractivity contribution in [1.29, 1.82) is 0 Å². The van der Waals surface area contributed by atoms with Crippen molar-refractivity contribution >= 4 is 20.9 Å². The minimum absolute atomic E-state index is 0.0454. The molecular weight excluding hydrogens is 359 g/mol. The van der Waals surface area contributed by atoms with E-state index in [4.69, 9.17) is 0 Å². The maximum Gasteiger partial charge on any atom is 0.417 e. The van der Waals surface area contributed by atoms with E-state index < -0.39 is 32.5 Å². The molecule has 2 aromatic heterocycles. The van der Waals surface area contributed by atoms with Crippen LogP contribution in [0.3, 0.4) is 0 Å². The van der Waals surface area contributed by atoms with Crippen molar-refractivity contribution in [2.75, 3.05) is 11.5 Å². The number of aromatic nitrogens is 3. The molecule has 3 heterocycles. The Bertz CT molecular complexity index is 989. The Hall–Kier alpha value is -1.84. The zero-order chi connectivity index (χ0) is 18.6. The van der Waals surface area contributed by atoms with E-state index in [9.17, 15) is 26.4 Å². The molecule has 1 atom stereocenters. The van der Waals surface area contributed by atoms with E-state index in [2.05, 4.69) is 4.98 Å². The molecule has 1 unspecified atom stereocenters. The van der Waals surface area contributed by atoms with E-state index >= 15 is 0 Å². The van der Waals surface area contributed by atoms with Gasteiger partial charge in [0.25, 0.3) is 5.56 Å². The van der Waals surface area contributed by atoms with Crippen LogP contribution in [0, 0.1) is 12.8 Å². The Morgan fingerprint density at radius 2 is 2.04 bits per heavy atom. The summed E-state index contributed by atoms with van der Waals surface area (Å²) >= 11 is 0. The van der Waals surface area contributed by atoms with E-state index in [0.717, 1.165) is 10.7 Å². The Morgan fingerprint density at radius 3 is 2.64 bits per heavy atom. The summed E-state index contributed by atoms with van der Waals surface area (Å²) in [4.78, 5) is 16.7. The predicted molar refractivity (Wildman–Crippen MR) is 86.1 cm³/mol. The Morgan fingerprint density at radius 1 is 1.36 bits per heavy atom. The lowest BCUT2D eigenvalue weighted by atomic mass is 10.1. The largest absolute Gasteiger partial charge is 0.417 e. The topological polar surface area (TPSA) is 74.0 Å². The lowest BCUT2D eigenvalue weighted by molar-refractivity contribution is -0.136. The van der Waals surface area contributed by atoms with Crippen molar-refractivity contribution in [3.63, 3.8) is 0 Å². The number of sulfone groups is 1. The number of alkyl halides is 3. The van der Waals surface area contributed by atoms with Gasteiger partial charge in [0, 0.05) is 19.3 Å². The first kappa shape index (κ1) is 18.0. The molecule has 138 valence electrons. The molecule has 6 nitrogen and oxygen atoms in total. The molecule has 1 aliphatic heterocycles. The predicted octanol–water partition coefficient (Wildman–Crippen LogP) is 1.89. The molecule has 0 spiro atoms. The number of pyridine rings is 1. The minimum atomic E-state index is -4.67. The molecule has 1 aliphatic rings. The van der Waals surface area contributed by atoms with E-state index in [1.807, 2.05) is 0 Å². The van der Waals surface area contributed by atoms with Crippen molar-refractivity contribution in [3.8, 4) is 0 Å². The van der Waals surface area contributed by atoms with Crippen LogP contribution < -0.4 is 5.56 Å². The summed E-state index contributed by atoms with van der Waals surface area (Å²) in [6.45, 7) is 1.49. The number of aryl methyl sites for hydroxylation is 2. The standard InChI is InChI=1S/C15H18F3N3O3S/c1-9-6-11(15(16,17)18)12-13(19-9)20(2)21(14(12)22)7-10-4-3-5-25(23,24)8-10/h6,10H,3-5,7-8H2,1-2H3. The van der Waals surface area contributed by atoms with Crippen LogP contribution in [0.25, 0.3) is 11.0 Å². The summed E-state index contributed by atoms with van der Waals surface area (Å²) in [6, 6.07) is 0.860. The highest BCUT2D eigenvalue weighted by atomic mass is 32.2. The molecule has 0 bridgehead atoms. The molecule has 2 aromatic rings. The average molecular weight is 377 g/mol. The molecule has 0 saturated carbocycles. The zero-order valence-electron chi connectivity index (χ0n) is 13.8. The Balaban J connectivity index is 2.13. The third-order valence-electron chi connectivity index (χ3n) is 4.54. The number of hydrogen-bond donors (Lipinski definition) is 0. The van der Waals surface area contributed by atoms with Crippen LogP contribution >= 0.6 is 0 Å². The number of fused-ring (bicyclic) bond motifs is 1. The minimum Gasteiger partial charge on any atom is -0.268 e. The second-order valence-corrected chi connectivity index (χ2v) is 8.77. The van der Waals surface area contributed by atoms with E-state index in [1.54, 1.807) is 0 Å². The monoisotopic (exact) mass is 377 g/mol. The fourth-order valence-electron chi connectivity index (χ4n) is 3.42. The SMILES string of the molecule is Cc1cc(C(F)(F)F)c2c(=O)n(CC3CCCS(=O)(=O)C3)n(C)c2n1. The van der Waals surface area contributed by atoms with Gasteiger partial charge in [0.05, 0.1) is 22.5 Å². The molecule has 3 rings (SSSR count). The molecule has 0 aliphatic carbocycles. The maximum absolute atomic E-state index is 13.3. The van der Waals surface area contributed by atoms with Gasteiger partial charge in [-0.25, -0.2) is 18.1 Å². The van der Waals surface area contributed by atoms with Gasteiger partial charge in [0.1, 0.15) is 0 Å². The van der Waals surface area contributed by atoms with Crippen LogP contribution in [0.15, 0.2) is 10.9 Å². The molecule has 25 heavy (non-hydrogen) atoms. The fourth-order valence-corrected chi connectivity index (χ4v) is 5.18. The van der Waals surface area contributed by atoms with Crippen LogP contribution in [0.2, 0.25) is 0 Å². The molecule has 1 fully saturated rings. The molecule has 1 saturated heterocycles. The van der Waals surface area contributed by atoms with Gasteiger partial charge in [-0.3, -0.25) is 9.48 Å². The maximum atomic E-state index is 13.3. The van der Waals surface area contributed by atoms with Crippen LogP contribution in [0.1, 0.15) is 24.1 Å². The molecule has 10 heteroatoms. The Kier molecular flexibility index (Phi) is 4.21. The average Bonchev–Trinajstić information content (AvgIpc) is 2.69. The smallest absolute Gasteiger partial charge is 0.268 e. The van der Waals surface area contributed by atoms with Gasteiger partial charge < -0.3 is 0 Å². The van der Waals surface area contributed by atoms with Crippen LogP contribution in [-0.2, 0) is 29.6 Å². The van der Waals surface area contributed by atoms with Gasteiger partial charge in [0.15, 0.2) is 15.5 Å².